The summed E-state index contributed by atoms with van der Waals surface area (Å²) in [6.45, 7) is 4.62. The number of nitrogens with two attached hydrogens (primary N) is 1. The number of nitrogens with zero attached hydrogens (tertiary/aromatic N) is 2. The van der Waals surface area contributed by atoms with Gasteiger partial charge in [-0.3, -0.25) is 9.89 Å². The van der Waals surface area contributed by atoms with Gasteiger partial charge in [0, 0.05) is 19.6 Å². The number of morpholine rings is 1. The first-order valence-electron chi connectivity index (χ1n) is 8.83. The van der Waals surface area contributed by atoms with E-state index in [0.717, 1.165) is 44.3 Å². The fraction of sp³-hybridized carbons (Fsp3) is 0.611. The third-order valence-electron chi connectivity index (χ3n) is 4.97. The van der Waals surface area contributed by atoms with Crippen LogP contribution in [0.5, 0.6) is 0 Å². The highest BCUT2D eigenvalue weighted by molar-refractivity contribution is 5.77. The third-order valence-corrected chi connectivity index (χ3v) is 4.97. The minimum atomic E-state index is -0.218. The molecule has 0 aromatic heterocycles. The standard InChI is InChI=1S/C18H27FN4O/c19-16-6-4-15(5-7-16)17(23-8-10-24-11-9-23)13-22-18(20)21-12-14-2-1-3-14/h4-7,14,17H,1-3,8-13H2,(H3,20,21,22). The number of ether oxygens (including phenoxy) is 1. The van der Waals surface area contributed by atoms with Crippen molar-refractivity contribution in [2.45, 2.75) is 25.3 Å². The number of nitrogens with one attached hydrogen (secondary N) is 1. The van der Waals surface area contributed by atoms with Crippen molar-refractivity contribution < 1.29 is 9.13 Å². The predicted molar refractivity (Wildman–Crippen MR) is 93.4 cm³/mol. The van der Waals surface area contributed by atoms with Crippen molar-refractivity contribution in [3.05, 3.63) is 35.6 Å². The Hall–Kier alpha value is -1.66. The summed E-state index contributed by atoms with van der Waals surface area (Å²) in [4.78, 5) is 6.87. The van der Waals surface area contributed by atoms with Crippen LogP contribution < -0.4 is 11.1 Å². The molecular formula is C18H27FN4O. The van der Waals surface area contributed by atoms with Crippen molar-refractivity contribution in [1.82, 2.24) is 10.2 Å². The van der Waals surface area contributed by atoms with Gasteiger partial charge < -0.3 is 15.8 Å². The lowest BCUT2D eigenvalue weighted by Gasteiger charge is -2.34. The summed E-state index contributed by atoms with van der Waals surface area (Å²) in [6, 6.07) is 6.78. The highest BCUT2D eigenvalue weighted by atomic mass is 19.1. The summed E-state index contributed by atoms with van der Waals surface area (Å²) in [5, 5.41) is 3.23. The molecule has 2 aliphatic rings. The van der Waals surface area contributed by atoms with E-state index in [9.17, 15) is 4.39 Å². The van der Waals surface area contributed by atoms with Crippen LogP contribution in [-0.4, -0.2) is 50.3 Å². The van der Waals surface area contributed by atoms with Crippen LogP contribution in [0.3, 0.4) is 0 Å². The molecule has 0 amide bonds. The molecular weight excluding hydrogens is 307 g/mol. The fourth-order valence-electron chi connectivity index (χ4n) is 3.19. The minimum absolute atomic E-state index is 0.0959. The van der Waals surface area contributed by atoms with Gasteiger partial charge in [-0.2, -0.15) is 0 Å². The normalized spacial score (nSPS) is 21.3. The van der Waals surface area contributed by atoms with Crippen LogP contribution in [0.25, 0.3) is 0 Å². The van der Waals surface area contributed by atoms with E-state index in [1.54, 1.807) is 0 Å². The lowest BCUT2D eigenvalue weighted by atomic mass is 9.85. The molecule has 1 unspecified atom stereocenters. The van der Waals surface area contributed by atoms with Crippen LogP contribution in [0, 0.1) is 11.7 Å². The number of aliphatic imine (C=N–C) groups is 1. The Labute approximate surface area is 143 Å². The van der Waals surface area contributed by atoms with Crippen molar-refractivity contribution in [2.24, 2.45) is 16.6 Å². The highest BCUT2D eigenvalue weighted by Gasteiger charge is 2.23. The first-order valence-corrected chi connectivity index (χ1v) is 8.83. The van der Waals surface area contributed by atoms with Crippen molar-refractivity contribution in [3.8, 4) is 0 Å². The smallest absolute Gasteiger partial charge is 0.188 e. The van der Waals surface area contributed by atoms with Gasteiger partial charge >= 0.3 is 0 Å². The number of guanidine groups is 1. The van der Waals surface area contributed by atoms with Crippen LogP contribution in [0.1, 0.15) is 30.9 Å². The van der Waals surface area contributed by atoms with Crippen LogP contribution in [0.15, 0.2) is 29.3 Å². The Bertz CT molecular complexity index is 538. The molecule has 0 bridgehead atoms. The summed E-state index contributed by atoms with van der Waals surface area (Å²) >= 11 is 0. The zero-order valence-corrected chi connectivity index (χ0v) is 14.1. The summed E-state index contributed by atoms with van der Waals surface area (Å²) in [6.07, 6.45) is 3.89. The highest BCUT2D eigenvalue weighted by Crippen LogP contribution is 2.25. The van der Waals surface area contributed by atoms with Gasteiger partial charge in [-0.15, -0.1) is 0 Å². The minimum Gasteiger partial charge on any atom is -0.379 e. The van der Waals surface area contributed by atoms with Crippen LogP contribution in [0.4, 0.5) is 4.39 Å². The van der Waals surface area contributed by atoms with E-state index in [1.165, 1.54) is 31.4 Å². The summed E-state index contributed by atoms with van der Waals surface area (Å²) in [5.41, 5.74) is 7.08. The fourth-order valence-corrected chi connectivity index (χ4v) is 3.19. The molecule has 0 spiro atoms. The van der Waals surface area contributed by atoms with Crippen LogP contribution in [0.2, 0.25) is 0 Å². The van der Waals surface area contributed by atoms with Crippen LogP contribution in [-0.2, 0) is 4.74 Å². The number of benzene rings is 1. The molecule has 3 rings (SSSR count). The molecule has 1 aromatic carbocycles. The molecule has 5 nitrogen and oxygen atoms in total. The Morgan fingerprint density at radius 2 is 2.00 bits per heavy atom. The molecule has 132 valence electrons. The molecule has 6 heteroatoms. The van der Waals surface area contributed by atoms with Gasteiger partial charge in [0.05, 0.1) is 25.8 Å². The number of halogens is 1. The van der Waals surface area contributed by atoms with Crippen molar-refractivity contribution in [1.29, 1.82) is 0 Å². The van der Waals surface area contributed by atoms with Crippen molar-refractivity contribution in [2.75, 3.05) is 39.4 Å². The van der Waals surface area contributed by atoms with Gasteiger partial charge in [-0.1, -0.05) is 18.6 Å². The van der Waals surface area contributed by atoms with Gasteiger partial charge in [-0.05, 0) is 36.5 Å². The molecule has 2 fully saturated rings. The second-order valence-electron chi connectivity index (χ2n) is 6.62. The molecule has 3 N–H and O–H groups in total. The lowest BCUT2D eigenvalue weighted by molar-refractivity contribution is 0.0179. The maximum Gasteiger partial charge on any atom is 0.188 e. The quantitative estimate of drug-likeness (QED) is 0.616. The van der Waals surface area contributed by atoms with E-state index < -0.39 is 0 Å². The SMILES string of the molecule is NC(=NCC(c1ccc(F)cc1)N1CCOCC1)NCC1CCC1. The number of hydrogen-bond donors (Lipinski definition) is 2. The van der Waals surface area contributed by atoms with Gasteiger partial charge in [-0.25, -0.2) is 4.39 Å². The predicted octanol–water partition coefficient (Wildman–Crippen LogP) is 1.90. The van der Waals surface area contributed by atoms with E-state index in [0.29, 0.717) is 12.5 Å². The average Bonchev–Trinajstić information content (AvgIpc) is 2.56. The Morgan fingerprint density at radius 1 is 1.29 bits per heavy atom. The molecule has 1 atom stereocenters. The molecule has 1 aromatic rings. The summed E-state index contributed by atoms with van der Waals surface area (Å²) < 4.78 is 18.7. The Balaban J connectivity index is 1.63. The van der Waals surface area contributed by atoms with Crippen molar-refractivity contribution >= 4 is 5.96 Å². The second kappa shape index (κ2) is 8.44. The van der Waals surface area contributed by atoms with Crippen LogP contribution >= 0.6 is 0 Å². The third kappa shape index (κ3) is 4.68. The molecule has 0 radical (unpaired) electrons. The Morgan fingerprint density at radius 3 is 2.62 bits per heavy atom. The first-order chi connectivity index (χ1) is 11.7. The summed E-state index contributed by atoms with van der Waals surface area (Å²) in [7, 11) is 0. The second-order valence-corrected chi connectivity index (χ2v) is 6.62. The van der Waals surface area contributed by atoms with E-state index in [4.69, 9.17) is 10.5 Å². The maximum atomic E-state index is 13.2. The van der Waals surface area contributed by atoms with E-state index in [-0.39, 0.29) is 11.9 Å². The van der Waals surface area contributed by atoms with Gasteiger partial charge in [0.25, 0.3) is 0 Å². The number of hydrogen-bond acceptors (Lipinski definition) is 3. The van der Waals surface area contributed by atoms with E-state index >= 15 is 0 Å². The van der Waals surface area contributed by atoms with E-state index in [1.807, 2.05) is 12.1 Å². The van der Waals surface area contributed by atoms with Gasteiger partial charge in [0.2, 0.25) is 0 Å². The van der Waals surface area contributed by atoms with Crippen molar-refractivity contribution in [3.63, 3.8) is 0 Å². The van der Waals surface area contributed by atoms with E-state index in [2.05, 4.69) is 15.2 Å². The average molecular weight is 334 g/mol. The first kappa shape index (κ1) is 17.2. The molecule has 1 aliphatic carbocycles. The zero-order valence-electron chi connectivity index (χ0n) is 14.1. The molecule has 1 heterocycles. The molecule has 24 heavy (non-hydrogen) atoms. The maximum absolute atomic E-state index is 13.2. The molecule has 1 saturated heterocycles. The molecule has 1 aliphatic heterocycles. The van der Waals surface area contributed by atoms with Gasteiger partial charge in [0.15, 0.2) is 5.96 Å². The lowest BCUT2D eigenvalue weighted by Crippen LogP contribution is -2.41. The Kier molecular flexibility index (Phi) is 6.04. The number of rotatable bonds is 6. The van der Waals surface area contributed by atoms with Gasteiger partial charge in [0.1, 0.15) is 5.82 Å². The zero-order chi connectivity index (χ0) is 16.8. The topological polar surface area (TPSA) is 62.9 Å². The monoisotopic (exact) mass is 334 g/mol. The molecule has 1 saturated carbocycles. The largest absolute Gasteiger partial charge is 0.379 e. The summed E-state index contributed by atoms with van der Waals surface area (Å²) in [5.74, 6) is 1.03.